The van der Waals surface area contributed by atoms with Gasteiger partial charge in [0.05, 0.1) is 5.69 Å². The Morgan fingerprint density at radius 3 is 2.38 bits per heavy atom. The van der Waals surface area contributed by atoms with Crippen LogP contribution in [0.1, 0.15) is 0 Å². The van der Waals surface area contributed by atoms with Crippen molar-refractivity contribution in [3.05, 3.63) is 36.8 Å². The molecule has 0 radical (unpaired) electrons. The quantitative estimate of drug-likeness (QED) is 0.436. The molecule has 0 aromatic carbocycles. The van der Waals surface area contributed by atoms with Gasteiger partial charge in [0.15, 0.2) is 0 Å². The van der Waals surface area contributed by atoms with Gasteiger partial charge in [0.2, 0.25) is 0 Å². The second-order valence-corrected chi connectivity index (χ2v) is 3.13. The summed E-state index contributed by atoms with van der Waals surface area (Å²) in [6.45, 7) is -3.52. The molecule has 78 valence electrons. The molecule has 0 atom stereocenters. The Morgan fingerprint density at radius 2 is 1.94 bits per heavy atom. The number of hydrogen-bond acceptors (Lipinski definition) is 5. The summed E-state index contributed by atoms with van der Waals surface area (Å²) in [5, 5.41) is 30.7. The molecule has 0 fully saturated rings. The first-order chi connectivity index (χ1) is 7.07. The molecule has 0 saturated heterocycles. The minimum Gasteiger partial charge on any atom is -0.555 e. The number of pyridine rings is 1. The van der Waals surface area contributed by atoms with Crippen LogP contribution in [-0.2, 0) is 0 Å². The number of hydrogen-bond donors (Lipinski definition) is 3. The molecule has 0 unspecified atom stereocenters. The van der Waals surface area contributed by atoms with E-state index in [4.69, 9.17) is 15.1 Å². The fraction of sp³-hybridized carbons (Fsp3) is 0. The van der Waals surface area contributed by atoms with E-state index in [0.29, 0.717) is 5.69 Å². The molecule has 2 rings (SSSR count). The van der Waals surface area contributed by atoms with E-state index in [0.717, 1.165) is 0 Å². The third-order valence-electron chi connectivity index (χ3n) is 1.94. The molecule has 3 N–H and O–H groups in total. The fourth-order valence-electron chi connectivity index (χ4n) is 1.18. The van der Waals surface area contributed by atoms with Crippen LogP contribution in [0.3, 0.4) is 0 Å². The Balaban J connectivity index is 0.00000128. The van der Waals surface area contributed by atoms with E-state index in [1.54, 1.807) is 29.2 Å². The molecule has 2 aromatic heterocycles. The van der Waals surface area contributed by atoms with Gasteiger partial charge < -0.3 is 15.1 Å². The molecule has 6 nitrogen and oxygen atoms in total. The smallest absolute Gasteiger partial charge is 0.555 e. The SMILES string of the molecule is O[B-](O)(O)c1ccc(-n2cccn2)cn1.[Li+]. The molecule has 0 spiro atoms. The predicted octanol–water partition coefficient (Wildman–Crippen LogP) is -4.61. The van der Waals surface area contributed by atoms with Crippen LogP contribution in [0.15, 0.2) is 36.8 Å². The minimum absolute atomic E-state index is 0. The van der Waals surface area contributed by atoms with Crippen molar-refractivity contribution in [1.29, 1.82) is 0 Å². The molecule has 8 heteroatoms. The molecule has 16 heavy (non-hydrogen) atoms. The first-order valence-electron chi connectivity index (χ1n) is 4.35. The Labute approximate surface area is 104 Å². The zero-order chi connectivity index (χ0) is 10.9. The number of aromatic nitrogens is 3. The van der Waals surface area contributed by atoms with Crippen molar-refractivity contribution >= 4 is 12.3 Å². The van der Waals surface area contributed by atoms with Gasteiger partial charge in [-0.15, -0.1) is 0 Å². The van der Waals surface area contributed by atoms with E-state index < -0.39 is 6.75 Å². The zero-order valence-electron chi connectivity index (χ0n) is 8.72. The van der Waals surface area contributed by atoms with Crippen LogP contribution in [0.4, 0.5) is 0 Å². The summed E-state index contributed by atoms with van der Waals surface area (Å²) in [4.78, 5) is 3.72. The maximum Gasteiger partial charge on any atom is 1.00 e. The van der Waals surface area contributed by atoms with Crippen molar-refractivity contribution in [2.75, 3.05) is 0 Å². The summed E-state index contributed by atoms with van der Waals surface area (Å²) in [5.41, 5.74) is 0.495. The van der Waals surface area contributed by atoms with Crippen LogP contribution in [0.2, 0.25) is 0 Å². The largest absolute Gasteiger partial charge is 1.00 e. The van der Waals surface area contributed by atoms with Gasteiger partial charge in [-0.05, 0) is 17.7 Å². The van der Waals surface area contributed by atoms with Crippen LogP contribution in [0.25, 0.3) is 5.69 Å². The summed E-state index contributed by atoms with van der Waals surface area (Å²) < 4.78 is 1.57. The van der Waals surface area contributed by atoms with Gasteiger partial charge >= 0.3 is 25.6 Å². The number of nitrogens with zero attached hydrogens (tertiary/aromatic N) is 3. The Bertz CT molecular complexity index is 441. The molecule has 2 heterocycles. The van der Waals surface area contributed by atoms with Gasteiger partial charge in [-0.1, -0.05) is 6.07 Å². The maximum atomic E-state index is 8.90. The molecule has 0 amide bonds. The minimum atomic E-state index is -3.52. The monoisotopic (exact) mass is 213 g/mol. The second-order valence-electron chi connectivity index (χ2n) is 3.13. The predicted molar refractivity (Wildman–Crippen MR) is 53.4 cm³/mol. The molecule has 0 aliphatic heterocycles. The summed E-state index contributed by atoms with van der Waals surface area (Å²) in [6.07, 6.45) is 4.74. The molecule has 0 saturated carbocycles. The van der Waals surface area contributed by atoms with E-state index >= 15 is 0 Å². The number of rotatable bonds is 2. The van der Waals surface area contributed by atoms with Gasteiger partial charge in [-0.25, -0.2) is 4.68 Å². The van der Waals surface area contributed by atoms with Crippen LogP contribution in [0.5, 0.6) is 0 Å². The van der Waals surface area contributed by atoms with Crippen molar-refractivity contribution in [1.82, 2.24) is 14.8 Å². The van der Waals surface area contributed by atoms with Crippen molar-refractivity contribution < 1.29 is 33.9 Å². The van der Waals surface area contributed by atoms with Crippen molar-refractivity contribution in [2.45, 2.75) is 0 Å². The summed E-state index contributed by atoms with van der Waals surface area (Å²) >= 11 is 0. The van der Waals surface area contributed by atoms with E-state index in [2.05, 4.69) is 10.1 Å². The summed E-state index contributed by atoms with van der Waals surface area (Å²) in [5.74, 6) is 0. The van der Waals surface area contributed by atoms with Gasteiger partial charge in [-0.3, -0.25) is 4.98 Å². The van der Waals surface area contributed by atoms with E-state index in [9.17, 15) is 0 Å². The average Bonchev–Trinajstić information content (AvgIpc) is 2.69. The average molecular weight is 213 g/mol. The maximum absolute atomic E-state index is 8.90. The van der Waals surface area contributed by atoms with Crippen LogP contribution in [-0.4, -0.2) is 36.6 Å². The first-order valence-corrected chi connectivity index (χ1v) is 4.35. The molecule has 0 bridgehead atoms. The second kappa shape index (κ2) is 4.82. The van der Waals surface area contributed by atoms with Crippen molar-refractivity contribution in [3.8, 4) is 5.69 Å². The van der Waals surface area contributed by atoms with E-state index in [1.165, 1.54) is 12.3 Å². The normalized spacial score (nSPS) is 10.9. The third kappa shape index (κ3) is 2.72. The summed E-state index contributed by atoms with van der Waals surface area (Å²) in [6, 6.07) is 4.66. The van der Waals surface area contributed by atoms with Crippen molar-refractivity contribution in [2.24, 2.45) is 0 Å². The zero-order valence-corrected chi connectivity index (χ0v) is 8.72. The molecule has 0 aliphatic carbocycles. The van der Waals surface area contributed by atoms with Crippen LogP contribution in [0, 0.1) is 0 Å². The third-order valence-corrected chi connectivity index (χ3v) is 1.94. The Kier molecular flexibility index (Phi) is 3.91. The van der Waals surface area contributed by atoms with Gasteiger partial charge in [0, 0.05) is 18.6 Å². The molecule has 2 aromatic rings. The van der Waals surface area contributed by atoms with Crippen molar-refractivity contribution in [3.63, 3.8) is 0 Å². The van der Waals surface area contributed by atoms with E-state index in [-0.39, 0.29) is 24.5 Å². The van der Waals surface area contributed by atoms with Crippen LogP contribution < -0.4 is 24.5 Å². The van der Waals surface area contributed by atoms with E-state index in [1.807, 2.05) is 0 Å². The summed E-state index contributed by atoms with van der Waals surface area (Å²) in [7, 11) is 0. The van der Waals surface area contributed by atoms with Gasteiger partial charge in [0.25, 0.3) is 0 Å². The molecular weight excluding hydrogens is 204 g/mol. The Hall–Kier alpha value is -1.10. The first kappa shape index (κ1) is 13.0. The van der Waals surface area contributed by atoms with Gasteiger partial charge in [0.1, 0.15) is 0 Å². The van der Waals surface area contributed by atoms with Crippen LogP contribution >= 0.6 is 0 Å². The molecule has 0 aliphatic rings. The molecular formula is C8H9BLiN3O3. The standard InChI is InChI=1S/C8H9BN3O3.Li/c13-9(14,15)8-3-2-7(6-10-8)12-5-1-4-11-12;/h1-6,13-15H;/q-1;+1. The topological polar surface area (TPSA) is 91.4 Å². The van der Waals surface area contributed by atoms with Gasteiger partial charge in [-0.2, -0.15) is 5.10 Å². The Morgan fingerprint density at radius 1 is 1.19 bits per heavy atom. The fourth-order valence-corrected chi connectivity index (χ4v) is 1.18.